The number of anilines is 2. The molecular formula is C16H18N2O2. The molecule has 104 valence electrons. The van der Waals surface area contributed by atoms with Crippen LogP contribution in [0.15, 0.2) is 48.5 Å². The number of carbonyl (C=O) groups excluding carboxylic acids is 1. The molecule has 1 amide bonds. The molecule has 0 unspecified atom stereocenters. The van der Waals surface area contributed by atoms with Gasteiger partial charge in [0.1, 0.15) is 5.75 Å². The number of nitrogen functional groups attached to an aromatic ring is 1. The van der Waals surface area contributed by atoms with Crippen LogP contribution in [0.4, 0.5) is 11.4 Å². The van der Waals surface area contributed by atoms with Crippen molar-refractivity contribution in [2.75, 3.05) is 11.1 Å². The molecule has 0 heterocycles. The van der Waals surface area contributed by atoms with Gasteiger partial charge in [0.25, 0.3) is 5.91 Å². The minimum absolute atomic E-state index is 0.196. The third-order valence-corrected chi connectivity index (χ3v) is 2.83. The summed E-state index contributed by atoms with van der Waals surface area (Å²) in [6, 6.07) is 14.6. The predicted molar refractivity (Wildman–Crippen MR) is 80.8 cm³/mol. The lowest BCUT2D eigenvalue weighted by Gasteiger charge is -2.15. The molecule has 0 aliphatic carbocycles. The van der Waals surface area contributed by atoms with E-state index >= 15 is 0 Å². The molecule has 3 N–H and O–H groups in total. The van der Waals surface area contributed by atoms with E-state index in [9.17, 15) is 4.79 Å². The van der Waals surface area contributed by atoms with E-state index in [1.165, 1.54) is 0 Å². The molecule has 20 heavy (non-hydrogen) atoms. The zero-order valence-corrected chi connectivity index (χ0v) is 11.6. The van der Waals surface area contributed by atoms with Crippen LogP contribution in [0.3, 0.4) is 0 Å². The molecule has 0 aliphatic rings. The smallest absolute Gasteiger partial charge is 0.265 e. The zero-order chi connectivity index (χ0) is 14.5. The first-order valence-electron chi connectivity index (χ1n) is 6.44. The molecule has 1 atom stereocenters. The highest BCUT2D eigenvalue weighted by molar-refractivity contribution is 5.94. The maximum Gasteiger partial charge on any atom is 0.265 e. The van der Waals surface area contributed by atoms with Gasteiger partial charge >= 0.3 is 0 Å². The predicted octanol–water partition coefficient (Wildman–Crippen LogP) is 2.98. The molecule has 0 aliphatic heterocycles. The molecule has 2 aromatic rings. The number of aryl methyl sites for hydroxylation is 1. The highest BCUT2D eigenvalue weighted by Gasteiger charge is 2.14. The van der Waals surface area contributed by atoms with Crippen molar-refractivity contribution < 1.29 is 9.53 Å². The van der Waals surface area contributed by atoms with E-state index in [4.69, 9.17) is 10.5 Å². The Morgan fingerprint density at radius 3 is 2.65 bits per heavy atom. The Labute approximate surface area is 118 Å². The number of nitrogens with one attached hydrogen (secondary N) is 1. The lowest BCUT2D eigenvalue weighted by Crippen LogP contribution is -2.30. The van der Waals surface area contributed by atoms with Gasteiger partial charge in [-0.3, -0.25) is 4.79 Å². The summed E-state index contributed by atoms with van der Waals surface area (Å²) in [4.78, 5) is 12.0. The summed E-state index contributed by atoms with van der Waals surface area (Å²) in [6.45, 7) is 3.68. The van der Waals surface area contributed by atoms with E-state index < -0.39 is 6.10 Å². The van der Waals surface area contributed by atoms with Gasteiger partial charge in [-0.25, -0.2) is 0 Å². The van der Waals surface area contributed by atoms with Gasteiger partial charge in [-0.05, 0) is 43.7 Å². The van der Waals surface area contributed by atoms with Crippen molar-refractivity contribution in [1.82, 2.24) is 0 Å². The van der Waals surface area contributed by atoms with E-state index in [1.807, 2.05) is 31.2 Å². The molecule has 0 saturated carbocycles. The van der Waals surface area contributed by atoms with Gasteiger partial charge < -0.3 is 15.8 Å². The zero-order valence-electron chi connectivity index (χ0n) is 11.6. The van der Waals surface area contributed by atoms with Crippen molar-refractivity contribution in [3.05, 3.63) is 54.1 Å². The quantitative estimate of drug-likeness (QED) is 0.839. The third-order valence-electron chi connectivity index (χ3n) is 2.83. The highest BCUT2D eigenvalue weighted by atomic mass is 16.5. The highest BCUT2D eigenvalue weighted by Crippen LogP contribution is 2.17. The number of nitrogens with two attached hydrogens (primary N) is 1. The first-order valence-corrected chi connectivity index (χ1v) is 6.44. The number of ether oxygens (including phenoxy) is 1. The van der Waals surface area contributed by atoms with Gasteiger partial charge in [-0.1, -0.05) is 18.2 Å². The fourth-order valence-corrected chi connectivity index (χ4v) is 1.81. The van der Waals surface area contributed by atoms with Crippen LogP contribution >= 0.6 is 0 Å². The molecule has 2 rings (SSSR count). The number of carbonyl (C=O) groups is 1. The molecule has 0 bridgehead atoms. The number of benzene rings is 2. The second-order valence-corrected chi connectivity index (χ2v) is 4.69. The molecule has 0 spiro atoms. The van der Waals surface area contributed by atoms with Gasteiger partial charge in [0, 0.05) is 17.4 Å². The van der Waals surface area contributed by atoms with Crippen molar-refractivity contribution in [1.29, 1.82) is 0 Å². The van der Waals surface area contributed by atoms with Crippen molar-refractivity contribution in [3.8, 4) is 5.75 Å². The molecule has 0 radical (unpaired) electrons. The molecule has 0 saturated heterocycles. The normalized spacial score (nSPS) is 11.7. The van der Waals surface area contributed by atoms with Crippen molar-refractivity contribution in [3.63, 3.8) is 0 Å². The number of hydrogen-bond acceptors (Lipinski definition) is 3. The first-order chi connectivity index (χ1) is 9.54. The van der Waals surface area contributed by atoms with Crippen LogP contribution in [0, 0.1) is 6.92 Å². The average Bonchev–Trinajstić information content (AvgIpc) is 2.38. The lowest BCUT2D eigenvalue weighted by atomic mass is 10.2. The Morgan fingerprint density at radius 2 is 1.95 bits per heavy atom. The van der Waals surface area contributed by atoms with Crippen molar-refractivity contribution in [2.24, 2.45) is 0 Å². The first kappa shape index (κ1) is 13.9. The van der Waals surface area contributed by atoms with Crippen LogP contribution in [0.5, 0.6) is 5.75 Å². The Morgan fingerprint density at radius 1 is 1.20 bits per heavy atom. The van der Waals surface area contributed by atoms with E-state index in [1.54, 1.807) is 31.2 Å². The number of hydrogen-bond donors (Lipinski definition) is 2. The molecule has 0 aromatic heterocycles. The van der Waals surface area contributed by atoms with E-state index in [0.717, 1.165) is 11.3 Å². The van der Waals surface area contributed by atoms with E-state index in [0.29, 0.717) is 11.4 Å². The number of rotatable bonds is 4. The van der Waals surface area contributed by atoms with Crippen LogP contribution in [0.2, 0.25) is 0 Å². The minimum Gasteiger partial charge on any atom is -0.481 e. The monoisotopic (exact) mass is 270 g/mol. The van der Waals surface area contributed by atoms with Crippen LogP contribution in [-0.2, 0) is 4.79 Å². The summed E-state index contributed by atoms with van der Waals surface area (Å²) in [6.07, 6.45) is -0.600. The summed E-state index contributed by atoms with van der Waals surface area (Å²) in [5, 5.41) is 2.82. The van der Waals surface area contributed by atoms with Crippen molar-refractivity contribution in [2.45, 2.75) is 20.0 Å². The van der Waals surface area contributed by atoms with Crippen LogP contribution in [-0.4, -0.2) is 12.0 Å². The summed E-state index contributed by atoms with van der Waals surface area (Å²) in [5.74, 6) is 0.384. The van der Waals surface area contributed by atoms with Gasteiger partial charge in [-0.15, -0.1) is 0 Å². The summed E-state index contributed by atoms with van der Waals surface area (Å²) >= 11 is 0. The van der Waals surface area contributed by atoms with Crippen LogP contribution in [0.1, 0.15) is 12.5 Å². The van der Waals surface area contributed by atoms with Gasteiger partial charge in [0.05, 0.1) is 0 Å². The van der Waals surface area contributed by atoms with Crippen LogP contribution in [0.25, 0.3) is 0 Å². The molecular weight excluding hydrogens is 252 g/mol. The van der Waals surface area contributed by atoms with Gasteiger partial charge in [-0.2, -0.15) is 0 Å². The molecule has 4 heteroatoms. The Kier molecular flexibility index (Phi) is 4.25. The molecule has 4 nitrogen and oxygen atoms in total. The van der Waals surface area contributed by atoms with Gasteiger partial charge in [0.15, 0.2) is 6.10 Å². The Hall–Kier alpha value is -2.49. The fourth-order valence-electron chi connectivity index (χ4n) is 1.81. The number of amides is 1. The maximum absolute atomic E-state index is 12.0. The topological polar surface area (TPSA) is 64.3 Å². The molecule has 2 aromatic carbocycles. The van der Waals surface area contributed by atoms with Crippen molar-refractivity contribution >= 4 is 17.3 Å². The lowest BCUT2D eigenvalue weighted by molar-refractivity contribution is -0.122. The summed E-state index contributed by atoms with van der Waals surface area (Å²) in [5.41, 5.74) is 8.13. The summed E-state index contributed by atoms with van der Waals surface area (Å²) in [7, 11) is 0. The standard InChI is InChI=1S/C16H18N2O2/c1-11-5-3-7-14(9-11)18-16(19)12(2)20-15-8-4-6-13(17)10-15/h3-10,12H,17H2,1-2H3,(H,18,19)/t12-/m0/s1. The Balaban J connectivity index is 1.98. The minimum atomic E-state index is -0.600. The second-order valence-electron chi connectivity index (χ2n) is 4.69. The maximum atomic E-state index is 12.0. The third kappa shape index (κ3) is 3.75. The largest absolute Gasteiger partial charge is 0.481 e. The SMILES string of the molecule is Cc1cccc(NC(=O)[C@H](C)Oc2cccc(N)c2)c1. The molecule has 0 fully saturated rings. The summed E-state index contributed by atoms with van der Waals surface area (Å²) < 4.78 is 5.57. The van der Waals surface area contributed by atoms with Gasteiger partial charge in [0.2, 0.25) is 0 Å². The average molecular weight is 270 g/mol. The van der Waals surface area contributed by atoms with E-state index in [-0.39, 0.29) is 5.91 Å². The Bertz CT molecular complexity index is 611. The van der Waals surface area contributed by atoms with E-state index in [2.05, 4.69) is 5.32 Å². The second kappa shape index (κ2) is 6.10. The van der Waals surface area contributed by atoms with Crippen LogP contribution < -0.4 is 15.8 Å². The fraction of sp³-hybridized carbons (Fsp3) is 0.188.